The number of nitrogens with zero attached hydrogens (tertiary/aromatic N) is 4. The average molecular weight is 254 g/mol. The predicted octanol–water partition coefficient (Wildman–Crippen LogP) is 1.92. The normalized spacial score (nSPS) is 10.8. The number of H-pyrrole nitrogens is 1. The smallest absolute Gasteiger partial charge is 0.193 e. The summed E-state index contributed by atoms with van der Waals surface area (Å²) in [6.45, 7) is 2.68. The van der Waals surface area contributed by atoms with Gasteiger partial charge in [-0.05, 0) is 30.2 Å². The van der Waals surface area contributed by atoms with Crippen LogP contribution in [0.1, 0.15) is 18.3 Å². The average Bonchev–Trinajstić information content (AvgIpc) is 2.97. The lowest BCUT2D eigenvalue weighted by Gasteiger charge is -2.08. The summed E-state index contributed by atoms with van der Waals surface area (Å²) >= 11 is 0. The van der Waals surface area contributed by atoms with Gasteiger partial charge in [0.25, 0.3) is 0 Å². The van der Waals surface area contributed by atoms with Crippen LogP contribution in [0.3, 0.4) is 0 Å². The second-order valence-corrected chi connectivity index (χ2v) is 4.25. The third-order valence-electron chi connectivity index (χ3n) is 3.04. The van der Waals surface area contributed by atoms with E-state index in [-0.39, 0.29) is 0 Å². The van der Waals surface area contributed by atoms with Crippen LogP contribution in [0.2, 0.25) is 0 Å². The Bertz CT molecular complexity index is 677. The molecule has 0 bridgehead atoms. The zero-order chi connectivity index (χ0) is 13.1. The fourth-order valence-electron chi connectivity index (χ4n) is 2.00. The lowest BCUT2D eigenvalue weighted by molar-refractivity contribution is 0.881. The van der Waals surface area contributed by atoms with Crippen molar-refractivity contribution >= 4 is 16.6 Å². The van der Waals surface area contributed by atoms with Gasteiger partial charge < -0.3 is 5.32 Å². The first-order valence-electron chi connectivity index (χ1n) is 6.20. The summed E-state index contributed by atoms with van der Waals surface area (Å²) < 4.78 is 0. The van der Waals surface area contributed by atoms with Gasteiger partial charge in [-0.25, -0.2) is 0 Å². The van der Waals surface area contributed by atoms with Gasteiger partial charge in [-0.2, -0.15) is 5.21 Å². The molecule has 6 nitrogen and oxygen atoms in total. The number of hydrogen-bond acceptors (Lipinski definition) is 5. The summed E-state index contributed by atoms with van der Waals surface area (Å²) in [6.07, 6.45) is 2.81. The van der Waals surface area contributed by atoms with Gasteiger partial charge in [0.05, 0.1) is 12.1 Å². The quantitative estimate of drug-likeness (QED) is 0.743. The maximum atomic E-state index is 4.37. The molecule has 0 saturated carbocycles. The van der Waals surface area contributed by atoms with E-state index in [4.69, 9.17) is 0 Å². The predicted molar refractivity (Wildman–Crippen MR) is 72.6 cm³/mol. The highest BCUT2D eigenvalue weighted by molar-refractivity contribution is 5.91. The van der Waals surface area contributed by atoms with E-state index < -0.39 is 0 Å². The molecule has 6 heteroatoms. The lowest BCUT2D eigenvalue weighted by Crippen LogP contribution is -2.02. The molecule has 2 heterocycles. The van der Waals surface area contributed by atoms with Crippen LogP contribution in [-0.2, 0) is 13.0 Å². The standard InChI is InChI=1S/C13H14N6/c1-2-9-3-4-11-10(7-9)12(5-6-14-11)15-8-13-16-18-19-17-13/h3-7H,2,8H2,1H3,(H,14,15)(H,16,17,18,19). The SMILES string of the molecule is CCc1ccc2nccc(NCc3nn[nH]n3)c2c1. The van der Waals surface area contributed by atoms with Crippen molar-refractivity contribution in [1.82, 2.24) is 25.6 Å². The second kappa shape index (κ2) is 5.01. The Morgan fingerprint density at radius 2 is 2.21 bits per heavy atom. The molecular formula is C13H14N6. The number of rotatable bonds is 4. The zero-order valence-corrected chi connectivity index (χ0v) is 10.6. The number of fused-ring (bicyclic) bond motifs is 1. The van der Waals surface area contributed by atoms with E-state index in [0.717, 1.165) is 23.0 Å². The van der Waals surface area contributed by atoms with Crippen LogP contribution in [0.15, 0.2) is 30.5 Å². The van der Waals surface area contributed by atoms with Gasteiger partial charge in [-0.1, -0.05) is 18.2 Å². The third kappa shape index (κ3) is 2.37. The van der Waals surface area contributed by atoms with Crippen LogP contribution >= 0.6 is 0 Å². The number of aromatic amines is 1. The Hall–Kier alpha value is -2.50. The number of anilines is 1. The monoisotopic (exact) mass is 254 g/mol. The molecule has 2 aromatic heterocycles. The van der Waals surface area contributed by atoms with Crippen molar-refractivity contribution in [2.45, 2.75) is 19.9 Å². The van der Waals surface area contributed by atoms with Gasteiger partial charge >= 0.3 is 0 Å². The van der Waals surface area contributed by atoms with Gasteiger partial charge in [0.15, 0.2) is 5.82 Å². The first kappa shape index (κ1) is 11.6. The van der Waals surface area contributed by atoms with E-state index >= 15 is 0 Å². The molecule has 0 saturated heterocycles. The topological polar surface area (TPSA) is 79.4 Å². The molecule has 19 heavy (non-hydrogen) atoms. The summed E-state index contributed by atoms with van der Waals surface area (Å²) in [5, 5.41) is 18.2. The van der Waals surface area contributed by atoms with E-state index in [1.54, 1.807) is 6.20 Å². The fourth-order valence-corrected chi connectivity index (χ4v) is 2.00. The molecule has 2 N–H and O–H groups in total. The maximum absolute atomic E-state index is 4.37. The molecule has 0 unspecified atom stereocenters. The maximum Gasteiger partial charge on any atom is 0.193 e. The lowest BCUT2D eigenvalue weighted by atomic mass is 10.1. The largest absolute Gasteiger partial charge is 0.377 e. The number of tetrazole rings is 1. The van der Waals surface area contributed by atoms with Gasteiger partial charge in [-0.15, -0.1) is 10.2 Å². The Labute approximate surface area is 110 Å². The first-order valence-corrected chi connectivity index (χ1v) is 6.20. The number of benzene rings is 1. The minimum absolute atomic E-state index is 0.534. The molecule has 3 aromatic rings. The van der Waals surface area contributed by atoms with Crippen molar-refractivity contribution in [3.63, 3.8) is 0 Å². The Morgan fingerprint density at radius 1 is 1.26 bits per heavy atom. The van der Waals surface area contributed by atoms with E-state index in [9.17, 15) is 0 Å². The van der Waals surface area contributed by atoms with Crippen molar-refractivity contribution < 1.29 is 0 Å². The van der Waals surface area contributed by atoms with Crippen molar-refractivity contribution in [1.29, 1.82) is 0 Å². The minimum Gasteiger partial charge on any atom is -0.377 e. The molecule has 96 valence electrons. The molecule has 0 amide bonds. The van der Waals surface area contributed by atoms with Crippen LogP contribution < -0.4 is 5.32 Å². The number of aryl methyl sites for hydroxylation is 1. The van der Waals surface area contributed by atoms with Crippen molar-refractivity contribution in [3.05, 3.63) is 41.9 Å². The molecule has 0 aliphatic rings. The van der Waals surface area contributed by atoms with Crippen LogP contribution in [0.5, 0.6) is 0 Å². The highest BCUT2D eigenvalue weighted by Crippen LogP contribution is 2.23. The van der Waals surface area contributed by atoms with Crippen molar-refractivity contribution in [2.24, 2.45) is 0 Å². The highest BCUT2D eigenvalue weighted by atomic mass is 15.5. The first-order chi connectivity index (χ1) is 9.36. The Balaban J connectivity index is 1.93. The van der Waals surface area contributed by atoms with E-state index in [1.807, 2.05) is 12.1 Å². The van der Waals surface area contributed by atoms with Gasteiger partial charge in [0.1, 0.15) is 0 Å². The Morgan fingerprint density at radius 3 is 3.00 bits per heavy atom. The molecule has 0 radical (unpaired) electrons. The summed E-state index contributed by atoms with van der Waals surface area (Å²) in [7, 11) is 0. The van der Waals surface area contributed by atoms with Crippen molar-refractivity contribution in [3.8, 4) is 0 Å². The van der Waals surface area contributed by atoms with Crippen LogP contribution in [0, 0.1) is 0 Å². The molecule has 3 rings (SSSR count). The highest BCUT2D eigenvalue weighted by Gasteiger charge is 2.04. The molecule has 0 aliphatic carbocycles. The summed E-state index contributed by atoms with van der Waals surface area (Å²) in [6, 6.07) is 8.29. The number of nitrogens with one attached hydrogen (secondary N) is 2. The summed E-state index contributed by atoms with van der Waals surface area (Å²) in [5.74, 6) is 0.636. The summed E-state index contributed by atoms with van der Waals surface area (Å²) in [4.78, 5) is 4.37. The molecule has 1 aromatic carbocycles. The Kier molecular flexibility index (Phi) is 3.06. The van der Waals surface area contributed by atoms with Crippen LogP contribution in [-0.4, -0.2) is 25.6 Å². The van der Waals surface area contributed by atoms with Gasteiger partial charge in [-0.3, -0.25) is 4.98 Å². The minimum atomic E-state index is 0.534. The number of hydrogen-bond donors (Lipinski definition) is 2. The van der Waals surface area contributed by atoms with Crippen molar-refractivity contribution in [2.75, 3.05) is 5.32 Å². The zero-order valence-electron chi connectivity index (χ0n) is 10.6. The van der Waals surface area contributed by atoms with E-state index in [1.165, 1.54) is 5.56 Å². The number of pyridine rings is 1. The van der Waals surface area contributed by atoms with Gasteiger partial charge in [0, 0.05) is 17.3 Å². The van der Waals surface area contributed by atoms with Crippen LogP contribution in [0.25, 0.3) is 10.9 Å². The molecule has 0 atom stereocenters. The van der Waals surface area contributed by atoms with E-state index in [2.05, 4.69) is 50.0 Å². The number of aromatic nitrogens is 5. The van der Waals surface area contributed by atoms with E-state index in [0.29, 0.717) is 12.4 Å². The molecule has 0 spiro atoms. The summed E-state index contributed by atoms with van der Waals surface area (Å²) in [5.41, 5.74) is 3.31. The third-order valence-corrected chi connectivity index (χ3v) is 3.04. The molecule has 0 fully saturated rings. The fraction of sp³-hybridized carbons (Fsp3) is 0.231. The molecular weight excluding hydrogens is 240 g/mol. The second-order valence-electron chi connectivity index (χ2n) is 4.25. The van der Waals surface area contributed by atoms with Gasteiger partial charge in [0.2, 0.25) is 0 Å². The van der Waals surface area contributed by atoms with Crippen LogP contribution in [0.4, 0.5) is 5.69 Å². The molecule has 0 aliphatic heterocycles.